The summed E-state index contributed by atoms with van der Waals surface area (Å²) in [5.74, 6) is -1.05. The molecule has 1 atom stereocenters. The van der Waals surface area contributed by atoms with E-state index in [-0.39, 0.29) is 6.61 Å². The highest BCUT2D eigenvalue weighted by atomic mass is 16.5. The summed E-state index contributed by atoms with van der Waals surface area (Å²) in [5.41, 5.74) is 5.10. The monoisotopic (exact) mass is 145 g/mol. The van der Waals surface area contributed by atoms with Crippen LogP contribution in [0.2, 0.25) is 0 Å². The van der Waals surface area contributed by atoms with Crippen molar-refractivity contribution in [2.75, 3.05) is 13.2 Å². The van der Waals surface area contributed by atoms with Crippen LogP contribution >= 0.6 is 0 Å². The van der Waals surface area contributed by atoms with Gasteiger partial charge in [-0.05, 0) is 0 Å². The molecule has 0 aromatic rings. The van der Waals surface area contributed by atoms with Crippen molar-refractivity contribution in [2.24, 2.45) is 5.73 Å². The Bertz CT molecular complexity index is 124. The molecule has 0 aromatic carbocycles. The molecule has 0 aliphatic carbocycles. The molecule has 0 fully saturated rings. The van der Waals surface area contributed by atoms with E-state index in [4.69, 9.17) is 15.6 Å². The molecule has 0 unspecified atom stereocenters. The van der Waals surface area contributed by atoms with E-state index in [0.717, 1.165) is 0 Å². The SMILES string of the molecule is C=CCOC[C@@H](N)C(=O)O. The van der Waals surface area contributed by atoms with E-state index in [1.165, 1.54) is 6.08 Å². The van der Waals surface area contributed by atoms with Gasteiger partial charge in [0.2, 0.25) is 0 Å². The van der Waals surface area contributed by atoms with E-state index in [1.54, 1.807) is 0 Å². The van der Waals surface area contributed by atoms with Gasteiger partial charge in [0.1, 0.15) is 6.04 Å². The van der Waals surface area contributed by atoms with E-state index in [9.17, 15) is 4.79 Å². The molecule has 0 amide bonds. The molecule has 3 N–H and O–H groups in total. The zero-order valence-electron chi connectivity index (χ0n) is 5.62. The number of rotatable bonds is 5. The predicted molar refractivity (Wildman–Crippen MR) is 36.6 cm³/mol. The van der Waals surface area contributed by atoms with Gasteiger partial charge in [-0.1, -0.05) is 6.08 Å². The molecule has 0 saturated heterocycles. The van der Waals surface area contributed by atoms with E-state index < -0.39 is 12.0 Å². The number of hydrogen-bond donors (Lipinski definition) is 2. The fourth-order valence-corrected chi connectivity index (χ4v) is 0.350. The van der Waals surface area contributed by atoms with Crippen molar-refractivity contribution in [1.82, 2.24) is 0 Å². The van der Waals surface area contributed by atoms with Crippen molar-refractivity contribution in [3.05, 3.63) is 12.7 Å². The average Bonchev–Trinajstić information content (AvgIpc) is 1.88. The Morgan fingerprint density at radius 1 is 1.90 bits per heavy atom. The highest BCUT2D eigenvalue weighted by Gasteiger charge is 2.09. The summed E-state index contributed by atoms with van der Waals surface area (Å²) >= 11 is 0. The smallest absolute Gasteiger partial charge is 0.322 e. The maximum atomic E-state index is 10.1. The largest absolute Gasteiger partial charge is 0.480 e. The molecule has 10 heavy (non-hydrogen) atoms. The van der Waals surface area contributed by atoms with E-state index in [1.807, 2.05) is 0 Å². The summed E-state index contributed by atoms with van der Waals surface area (Å²) in [6.45, 7) is 3.75. The lowest BCUT2D eigenvalue weighted by atomic mass is 10.3. The van der Waals surface area contributed by atoms with Gasteiger partial charge in [-0.15, -0.1) is 6.58 Å². The second-order valence-electron chi connectivity index (χ2n) is 1.77. The standard InChI is InChI=1S/C6H11NO3/c1-2-3-10-4-5(7)6(8)9/h2,5H,1,3-4,7H2,(H,8,9)/t5-/m1/s1. The lowest BCUT2D eigenvalue weighted by molar-refractivity contribution is -0.139. The molecule has 4 heteroatoms. The maximum Gasteiger partial charge on any atom is 0.322 e. The first-order valence-electron chi connectivity index (χ1n) is 2.85. The van der Waals surface area contributed by atoms with Gasteiger partial charge in [0.05, 0.1) is 13.2 Å². The van der Waals surface area contributed by atoms with Crippen molar-refractivity contribution < 1.29 is 14.6 Å². The van der Waals surface area contributed by atoms with Gasteiger partial charge in [0.25, 0.3) is 0 Å². The Hall–Kier alpha value is -0.870. The van der Waals surface area contributed by atoms with Gasteiger partial charge in [0, 0.05) is 0 Å². The lowest BCUT2D eigenvalue weighted by Crippen LogP contribution is -2.34. The van der Waals surface area contributed by atoms with E-state index in [2.05, 4.69) is 6.58 Å². The van der Waals surface area contributed by atoms with E-state index in [0.29, 0.717) is 6.61 Å². The zero-order valence-corrected chi connectivity index (χ0v) is 5.62. The summed E-state index contributed by atoms with van der Waals surface area (Å²) in [5, 5.41) is 8.25. The second-order valence-corrected chi connectivity index (χ2v) is 1.77. The number of nitrogens with two attached hydrogens (primary N) is 1. The summed E-state index contributed by atoms with van der Waals surface area (Å²) in [6, 6.07) is -0.931. The van der Waals surface area contributed by atoms with Crippen LogP contribution in [0.15, 0.2) is 12.7 Å². The number of carboxylic acid groups (broad SMARTS) is 1. The van der Waals surface area contributed by atoms with Crippen LogP contribution in [0, 0.1) is 0 Å². The first-order chi connectivity index (χ1) is 4.68. The summed E-state index contributed by atoms with van der Waals surface area (Å²) in [6.07, 6.45) is 1.54. The molecule has 0 aliphatic heterocycles. The maximum absolute atomic E-state index is 10.1. The molecule has 0 aromatic heterocycles. The average molecular weight is 145 g/mol. The number of carboxylic acids is 1. The van der Waals surface area contributed by atoms with Crippen molar-refractivity contribution >= 4 is 5.97 Å². The van der Waals surface area contributed by atoms with Gasteiger partial charge in [-0.2, -0.15) is 0 Å². The Morgan fingerprint density at radius 3 is 2.90 bits per heavy atom. The Labute approximate surface area is 59.3 Å². The number of ether oxygens (including phenoxy) is 1. The van der Waals surface area contributed by atoms with Crippen LogP contribution in [0.4, 0.5) is 0 Å². The third-order valence-corrected chi connectivity index (χ3v) is 0.850. The molecule has 0 heterocycles. The van der Waals surface area contributed by atoms with Crippen LogP contribution in [-0.4, -0.2) is 30.3 Å². The minimum Gasteiger partial charge on any atom is -0.480 e. The molecule has 0 rings (SSSR count). The third-order valence-electron chi connectivity index (χ3n) is 0.850. The number of carbonyl (C=O) groups is 1. The topological polar surface area (TPSA) is 72.5 Å². The van der Waals surface area contributed by atoms with Crippen molar-refractivity contribution in [2.45, 2.75) is 6.04 Å². The van der Waals surface area contributed by atoms with Gasteiger partial charge >= 0.3 is 5.97 Å². The van der Waals surface area contributed by atoms with Crippen LogP contribution in [0.1, 0.15) is 0 Å². The highest BCUT2D eigenvalue weighted by molar-refractivity contribution is 5.73. The van der Waals surface area contributed by atoms with Crippen molar-refractivity contribution in [3.8, 4) is 0 Å². The van der Waals surface area contributed by atoms with Gasteiger partial charge in [-0.3, -0.25) is 4.79 Å². The van der Waals surface area contributed by atoms with Crippen LogP contribution in [0.3, 0.4) is 0 Å². The van der Waals surface area contributed by atoms with Crippen LogP contribution < -0.4 is 5.73 Å². The van der Waals surface area contributed by atoms with Crippen molar-refractivity contribution in [1.29, 1.82) is 0 Å². The Balaban J connectivity index is 3.30. The minimum atomic E-state index is -1.05. The first-order valence-corrected chi connectivity index (χ1v) is 2.85. The summed E-state index contributed by atoms with van der Waals surface area (Å²) < 4.78 is 4.78. The molecule has 0 saturated carbocycles. The first kappa shape index (κ1) is 9.13. The van der Waals surface area contributed by atoms with Gasteiger partial charge in [-0.25, -0.2) is 0 Å². The van der Waals surface area contributed by atoms with Gasteiger partial charge < -0.3 is 15.6 Å². The predicted octanol–water partition coefficient (Wildman–Crippen LogP) is -0.399. The number of hydrogen-bond acceptors (Lipinski definition) is 3. The summed E-state index contributed by atoms with van der Waals surface area (Å²) in [4.78, 5) is 10.1. The third kappa shape index (κ3) is 4.05. The van der Waals surface area contributed by atoms with Crippen LogP contribution in [-0.2, 0) is 9.53 Å². The minimum absolute atomic E-state index is 0.0291. The van der Waals surface area contributed by atoms with E-state index >= 15 is 0 Å². The molecule has 0 aliphatic rings. The molecule has 0 bridgehead atoms. The van der Waals surface area contributed by atoms with Crippen LogP contribution in [0.25, 0.3) is 0 Å². The zero-order chi connectivity index (χ0) is 7.98. The van der Waals surface area contributed by atoms with Crippen LogP contribution in [0.5, 0.6) is 0 Å². The normalized spacial score (nSPS) is 12.5. The Morgan fingerprint density at radius 2 is 2.50 bits per heavy atom. The highest BCUT2D eigenvalue weighted by Crippen LogP contribution is 1.81. The molecular weight excluding hydrogens is 134 g/mol. The van der Waals surface area contributed by atoms with Gasteiger partial charge in [0.15, 0.2) is 0 Å². The fraction of sp³-hybridized carbons (Fsp3) is 0.500. The van der Waals surface area contributed by atoms with Crippen molar-refractivity contribution in [3.63, 3.8) is 0 Å². The fourth-order valence-electron chi connectivity index (χ4n) is 0.350. The second kappa shape index (κ2) is 4.96. The quantitative estimate of drug-likeness (QED) is 0.408. The molecule has 0 radical (unpaired) electrons. The molecule has 58 valence electrons. The molecule has 0 spiro atoms. The summed E-state index contributed by atoms with van der Waals surface area (Å²) in [7, 11) is 0. The Kier molecular flexibility index (Phi) is 4.53. The lowest BCUT2D eigenvalue weighted by Gasteiger charge is -2.04. The molecule has 4 nitrogen and oxygen atoms in total. The number of aliphatic carboxylic acids is 1. The molecular formula is C6H11NO3.